The van der Waals surface area contributed by atoms with Gasteiger partial charge in [0.15, 0.2) is 11.0 Å². The number of anilines is 1. The molecule has 5 aromatic rings. The summed E-state index contributed by atoms with van der Waals surface area (Å²) in [4.78, 5) is 17.6. The van der Waals surface area contributed by atoms with Gasteiger partial charge in [-0.2, -0.15) is 4.68 Å². The Labute approximate surface area is 178 Å². The summed E-state index contributed by atoms with van der Waals surface area (Å²) < 4.78 is 20.8. The molecule has 31 heavy (non-hydrogen) atoms. The van der Waals surface area contributed by atoms with Gasteiger partial charge < -0.3 is 4.42 Å². The van der Waals surface area contributed by atoms with E-state index in [4.69, 9.17) is 4.42 Å². The largest absolute Gasteiger partial charge is 0.465 e. The van der Waals surface area contributed by atoms with Crippen LogP contribution in [0, 0.1) is 5.82 Å². The number of hydrogen-bond donors (Lipinski definition) is 1. The number of carbonyl (C=O) groups excluding carboxylic acids is 1. The van der Waals surface area contributed by atoms with Gasteiger partial charge in [-0.3, -0.25) is 10.1 Å². The first-order chi connectivity index (χ1) is 15.2. The van der Waals surface area contributed by atoms with Gasteiger partial charge in [-0.05, 0) is 40.8 Å². The Balaban J connectivity index is 1.54. The number of nitrogens with zero attached hydrogens (tertiary/aromatic N) is 5. The van der Waals surface area contributed by atoms with Gasteiger partial charge in [0, 0.05) is 11.6 Å². The summed E-state index contributed by atoms with van der Waals surface area (Å²) >= 11 is 1.17. The highest BCUT2D eigenvalue weighted by Crippen LogP contribution is 2.28. The van der Waals surface area contributed by atoms with E-state index in [-0.39, 0.29) is 11.5 Å². The van der Waals surface area contributed by atoms with Gasteiger partial charge in [0.05, 0.1) is 16.5 Å². The van der Waals surface area contributed by atoms with E-state index in [0.717, 1.165) is 5.56 Å². The molecule has 5 rings (SSSR count). The van der Waals surface area contributed by atoms with Crippen LogP contribution in [-0.4, -0.2) is 31.1 Å². The first-order valence-electron chi connectivity index (χ1n) is 9.14. The molecule has 0 unspecified atom stereocenters. The van der Waals surface area contributed by atoms with Gasteiger partial charge >= 0.3 is 0 Å². The van der Waals surface area contributed by atoms with Gasteiger partial charge in [-0.15, -0.1) is 5.10 Å². The molecule has 152 valence electrons. The van der Waals surface area contributed by atoms with E-state index < -0.39 is 5.91 Å². The Kier molecular flexibility index (Phi) is 4.81. The van der Waals surface area contributed by atoms with Crippen LogP contribution in [-0.2, 0) is 4.79 Å². The van der Waals surface area contributed by atoms with E-state index in [1.807, 2.05) is 30.3 Å². The van der Waals surface area contributed by atoms with Gasteiger partial charge in [0.2, 0.25) is 0 Å². The zero-order chi connectivity index (χ0) is 21.2. The van der Waals surface area contributed by atoms with Crippen LogP contribution in [0.25, 0.3) is 33.4 Å². The number of rotatable bonds is 5. The van der Waals surface area contributed by atoms with Gasteiger partial charge in [0.25, 0.3) is 5.91 Å². The molecule has 1 amide bonds. The van der Waals surface area contributed by atoms with Crippen molar-refractivity contribution in [1.29, 1.82) is 0 Å². The lowest BCUT2D eigenvalue weighted by atomic mass is 10.2. The Morgan fingerprint density at radius 1 is 1.13 bits per heavy atom. The monoisotopic (exact) mass is 432 g/mol. The number of hydrogen-bond acceptors (Lipinski definition) is 7. The maximum Gasteiger partial charge on any atom is 0.276 e. The molecular weight excluding hydrogens is 419 g/mol. The molecule has 0 aliphatic rings. The summed E-state index contributed by atoms with van der Waals surface area (Å²) in [5.74, 6) is -0.0278. The van der Waals surface area contributed by atoms with E-state index >= 15 is 0 Å². The molecule has 0 bridgehead atoms. The van der Waals surface area contributed by atoms with Crippen molar-refractivity contribution in [2.45, 2.75) is 0 Å². The second-order valence-electron chi connectivity index (χ2n) is 6.41. The molecule has 0 spiro atoms. The molecular formula is C21H13FN6O2S. The molecule has 8 nitrogen and oxygen atoms in total. The number of furan rings is 1. The smallest absolute Gasteiger partial charge is 0.276 e. The number of aromatic nitrogens is 5. The van der Waals surface area contributed by atoms with Crippen molar-refractivity contribution in [3.8, 4) is 11.4 Å². The van der Waals surface area contributed by atoms with Crippen LogP contribution >= 0.6 is 11.3 Å². The standard InChI is InChI=1S/C21H13FN6O2S/c22-14-8-9-16-18(11-14)31-21(23-16)24-20(29)17(12-15-7-4-10-30-15)28-19(25-26-27-28)13-5-2-1-3-6-13/h1-12H,(H,23,24,29)/b17-12-. The topological polar surface area (TPSA) is 98.7 Å². The Morgan fingerprint density at radius 3 is 2.81 bits per heavy atom. The SMILES string of the molecule is O=C(Nc1nc2ccc(F)cc2s1)/C(=C/c1ccco1)n1nnnc1-c1ccccc1. The fourth-order valence-corrected chi connectivity index (χ4v) is 3.85. The molecule has 0 fully saturated rings. The Bertz CT molecular complexity index is 1390. The fraction of sp³-hybridized carbons (Fsp3) is 0. The van der Waals surface area contributed by atoms with Crippen LogP contribution in [0.1, 0.15) is 5.76 Å². The highest BCUT2D eigenvalue weighted by atomic mass is 32.1. The highest BCUT2D eigenvalue weighted by Gasteiger charge is 2.21. The van der Waals surface area contributed by atoms with Crippen LogP contribution in [0.4, 0.5) is 9.52 Å². The minimum atomic E-state index is -0.500. The van der Waals surface area contributed by atoms with E-state index in [0.29, 0.717) is 26.9 Å². The minimum absolute atomic E-state index is 0.129. The average molecular weight is 432 g/mol. The Morgan fingerprint density at radius 2 is 2.00 bits per heavy atom. The van der Waals surface area contributed by atoms with Crippen LogP contribution in [0.5, 0.6) is 0 Å². The first-order valence-corrected chi connectivity index (χ1v) is 9.96. The number of amides is 1. The molecule has 0 radical (unpaired) electrons. The normalized spacial score (nSPS) is 11.7. The first kappa shape index (κ1) is 18.8. The van der Waals surface area contributed by atoms with E-state index in [1.54, 1.807) is 18.2 Å². The van der Waals surface area contributed by atoms with Crippen molar-refractivity contribution in [2.24, 2.45) is 0 Å². The minimum Gasteiger partial charge on any atom is -0.465 e. The lowest BCUT2D eigenvalue weighted by molar-refractivity contribution is -0.111. The molecule has 3 aromatic heterocycles. The molecule has 0 saturated heterocycles. The maximum atomic E-state index is 13.5. The van der Waals surface area contributed by atoms with E-state index in [1.165, 1.54) is 40.5 Å². The zero-order valence-electron chi connectivity index (χ0n) is 15.8. The molecule has 2 aromatic carbocycles. The fourth-order valence-electron chi connectivity index (χ4n) is 2.96. The van der Waals surface area contributed by atoms with Crippen molar-refractivity contribution in [1.82, 2.24) is 25.2 Å². The molecule has 3 heterocycles. The van der Waals surface area contributed by atoms with Crippen molar-refractivity contribution in [3.05, 3.63) is 78.5 Å². The third-order valence-electron chi connectivity index (χ3n) is 4.36. The molecule has 0 aliphatic carbocycles. The summed E-state index contributed by atoms with van der Waals surface area (Å²) in [5, 5.41) is 14.9. The van der Waals surface area contributed by atoms with Crippen molar-refractivity contribution in [2.75, 3.05) is 5.32 Å². The number of thiazole rings is 1. The number of nitrogens with one attached hydrogen (secondary N) is 1. The number of tetrazole rings is 1. The lowest BCUT2D eigenvalue weighted by Gasteiger charge is -2.09. The van der Waals surface area contributed by atoms with Gasteiger partial charge in [-0.25, -0.2) is 9.37 Å². The van der Waals surface area contributed by atoms with Crippen LogP contribution in [0.2, 0.25) is 0 Å². The summed E-state index contributed by atoms with van der Waals surface area (Å²) in [6.07, 6.45) is 3.03. The second-order valence-corrected chi connectivity index (χ2v) is 7.44. The number of fused-ring (bicyclic) bond motifs is 1. The van der Waals surface area contributed by atoms with Crippen molar-refractivity contribution in [3.63, 3.8) is 0 Å². The quantitative estimate of drug-likeness (QED) is 0.415. The molecule has 0 atom stereocenters. The average Bonchev–Trinajstić information content (AvgIpc) is 3.52. The summed E-state index contributed by atoms with van der Waals surface area (Å²) in [7, 11) is 0. The molecule has 10 heteroatoms. The number of halogens is 1. The third kappa shape index (κ3) is 3.83. The highest BCUT2D eigenvalue weighted by molar-refractivity contribution is 7.22. The van der Waals surface area contributed by atoms with Crippen molar-refractivity contribution < 1.29 is 13.6 Å². The second kappa shape index (κ2) is 7.92. The van der Waals surface area contributed by atoms with Crippen LogP contribution < -0.4 is 5.32 Å². The van der Waals surface area contributed by atoms with E-state index in [9.17, 15) is 9.18 Å². The summed E-state index contributed by atoms with van der Waals surface area (Å²) in [6, 6.07) is 16.9. The summed E-state index contributed by atoms with van der Waals surface area (Å²) in [5.41, 5.74) is 1.45. The van der Waals surface area contributed by atoms with Gasteiger partial charge in [-0.1, -0.05) is 41.7 Å². The molecule has 0 aliphatic heterocycles. The third-order valence-corrected chi connectivity index (χ3v) is 5.29. The number of benzene rings is 2. The zero-order valence-corrected chi connectivity index (χ0v) is 16.6. The van der Waals surface area contributed by atoms with Crippen LogP contribution in [0.15, 0.2) is 71.3 Å². The molecule has 1 N–H and O–H groups in total. The predicted molar refractivity (Wildman–Crippen MR) is 114 cm³/mol. The predicted octanol–water partition coefficient (Wildman–Crippen LogP) is 4.32. The maximum absolute atomic E-state index is 13.5. The van der Waals surface area contributed by atoms with E-state index in [2.05, 4.69) is 25.8 Å². The summed E-state index contributed by atoms with van der Waals surface area (Å²) in [6.45, 7) is 0. The lowest BCUT2D eigenvalue weighted by Crippen LogP contribution is -2.19. The van der Waals surface area contributed by atoms with Crippen LogP contribution in [0.3, 0.4) is 0 Å². The van der Waals surface area contributed by atoms with Crippen molar-refractivity contribution >= 4 is 44.4 Å². The van der Waals surface area contributed by atoms with Gasteiger partial charge in [0.1, 0.15) is 17.3 Å². The number of carbonyl (C=O) groups is 1. The Hall–Kier alpha value is -4.18. The molecule has 0 saturated carbocycles.